The van der Waals surface area contributed by atoms with E-state index in [0.29, 0.717) is 19.3 Å². The highest BCUT2D eigenvalue weighted by atomic mass is 16.3. The number of hydrogen-bond acceptors (Lipinski definition) is 3. The van der Waals surface area contributed by atoms with Crippen LogP contribution in [0.2, 0.25) is 0 Å². The van der Waals surface area contributed by atoms with E-state index in [9.17, 15) is 15.0 Å². The fraction of sp³-hybridized carbons (Fsp3) is 0.750. The first-order valence-electron chi connectivity index (χ1n) is 5.53. The van der Waals surface area contributed by atoms with Crippen molar-refractivity contribution in [1.82, 2.24) is 0 Å². The zero-order valence-corrected chi connectivity index (χ0v) is 8.81. The van der Waals surface area contributed by atoms with E-state index in [1.807, 2.05) is 6.92 Å². The molecule has 15 heavy (non-hydrogen) atoms. The van der Waals surface area contributed by atoms with Crippen molar-refractivity contribution >= 4 is 5.78 Å². The summed E-state index contributed by atoms with van der Waals surface area (Å²) in [7, 11) is 0. The lowest BCUT2D eigenvalue weighted by Crippen LogP contribution is -2.35. The summed E-state index contributed by atoms with van der Waals surface area (Å²) >= 11 is 0. The third kappa shape index (κ3) is 1.80. The van der Waals surface area contributed by atoms with Crippen LogP contribution in [0.25, 0.3) is 0 Å². The third-order valence-corrected chi connectivity index (χ3v) is 3.54. The van der Waals surface area contributed by atoms with E-state index in [-0.39, 0.29) is 23.5 Å². The van der Waals surface area contributed by atoms with Gasteiger partial charge in [-0.3, -0.25) is 4.79 Å². The van der Waals surface area contributed by atoms with Gasteiger partial charge in [-0.1, -0.05) is 18.8 Å². The van der Waals surface area contributed by atoms with Gasteiger partial charge in [-0.25, -0.2) is 0 Å². The van der Waals surface area contributed by atoms with Crippen molar-refractivity contribution in [2.75, 3.05) is 0 Å². The molecule has 0 spiro atoms. The van der Waals surface area contributed by atoms with Gasteiger partial charge in [-0.05, 0) is 18.8 Å². The molecule has 0 bridgehead atoms. The maximum Gasteiger partial charge on any atom is 0.136 e. The number of aliphatic hydroxyl groups is 2. The van der Waals surface area contributed by atoms with E-state index < -0.39 is 12.2 Å². The Morgan fingerprint density at radius 3 is 2.87 bits per heavy atom. The maximum atomic E-state index is 11.2. The molecule has 0 saturated heterocycles. The van der Waals surface area contributed by atoms with Gasteiger partial charge >= 0.3 is 0 Å². The second-order valence-electron chi connectivity index (χ2n) is 4.48. The lowest BCUT2D eigenvalue weighted by molar-refractivity contribution is -0.133. The number of hydrogen-bond donors (Lipinski definition) is 2. The maximum absolute atomic E-state index is 11.2. The van der Waals surface area contributed by atoms with Crippen molar-refractivity contribution in [3.63, 3.8) is 0 Å². The lowest BCUT2D eigenvalue weighted by atomic mass is 9.71. The van der Waals surface area contributed by atoms with Gasteiger partial charge in [0.25, 0.3) is 0 Å². The molecule has 0 heterocycles. The van der Waals surface area contributed by atoms with Crippen LogP contribution in [0.4, 0.5) is 0 Å². The fourth-order valence-electron chi connectivity index (χ4n) is 2.48. The standard InChI is InChI=1S/C12H16O3/c1-2-7(13)3-4-8-9-5-12(15)10(9)6-11(8)14/h7-11,13-14H,2,5-6H2,1H3. The summed E-state index contributed by atoms with van der Waals surface area (Å²) in [5.74, 6) is 6.11. The van der Waals surface area contributed by atoms with Gasteiger partial charge in [0.05, 0.1) is 12.0 Å². The van der Waals surface area contributed by atoms with Crippen LogP contribution in [0.3, 0.4) is 0 Å². The van der Waals surface area contributed by atoms with Crippen molar-refractivity contribution in [2.24, 2.45) is 17.8 Å². The Morgan fingerprint density at radius 2 is 2.33 bits per heavy atom. The van der Waals surface area contributed by atoms with Gasteiger partial charge in [-0.15, -0.1) is 0 Å². The quantitative estimate of drug-likeness (QED) is 0.611. The van der Waals surface area contributed by atoms with Crippen LogP contribution in [0, 0.1) is 29.6 Å². The van der Waals surface area contributed by atoms with Crippen molar-refractivity contribution in [3.8, 4) is 11.8 Å². The van der Waals surface area contributed by atoms with Crippen molar-refractivity contribution in [2.45, 2.75) is 38.4 Å². The molecule has 3 heteroatoms. The number of carbonyl (C=O) groups is 1. The summed E-state index contributed by atoms with van der Waals surface area (Å²) in [6.45, 7) is 1.86. The first-order chi connectivity index (χ1) is 7.13. The Bertz CT molecular complexity index is 325. The van der Waals surface area contributed by atoms with E-state index >= 15 is 0 Å². The highest BCUT2D eigenvalue weighted by Crippen LogP contribution is 2.47. The van der Waals surface area contributed by atoms with Crippen molar-refractivity contribution in [3.05, 3.63) is 0 Å². The minimum absolute atomic E-state index is 0.0399. The SMILES string of the molecule is CCC(O)C#CC1C(O)CC2C(=O)CC21. The molecule has 2 fully saturated rings. The number of ketones is 1. The molecular weight excluding hydrogens is 192 g/mol. The van der Waals surface area contributed by atoms with Gasteiger partial charge in [0, 0.05) is 12.3 Å². The smallest absolute Gasteiger partial charge is 0.136 e. The highest BCUT2D eigenvalue weighted by Gasteiger charge is 2.52. The predicted octanol–water partition coefficient (Wildman–Crippen LogP) is 0.347. The highest BCUT2D eigenvalue weighted by molar-refractivity contribution is 5.88. The molecule has 2 rings (SSSR count). The molecule has 5 atom stereocenters. The Morgan fingerprint density at radius 1 is 1.60 bits per heavy atom. The number of fused-ring (bicyclic) bond motifs is 1. The van der Waals surface area contributed by atoms with Gasteiger partial charge in [-0.2, -0.15) is 0 Å². The summed E-state index contributed by atoms with van der Waals surface area (Å²) in [6.07, 6.45) is 0.632. The molecule has 0 aromatic carbocycles. The summed E-state index contributed by atoms with van der Waals surface area (Å²) in [6, 6.07) is 0. The zero-order valence-electron chi connectivity index (χ0n) is 8.81. The van der Waals surface area contributed by atoms with Gasteiger partial charge < -0.3 is 10.2 Å². The molecule has 0 aromatic heterocycles. The minimum atomic E-state index is -0.605. The predicted molar refractivity (Wildman–Crippen MR) is 54.8 cm³/mol. The first-order valence-corrected chi connectivity index (χ1v) is 5.53. The summed E-state index contributed by atoms with van der Waals surface area (Å²) in [4.78, 5) is 11.2. The van der Waals surface area contributed by atoms with Gasteiger partial charge in [0.15, 0.2) is 0 Å². The molecule has 0 aromatic rings. The Labute approximate surface area is 89.5 Å². The second-order valence-corrected chi connectivity index (χ2v) is 4.48. The Balaban J connectivity index is 2.03. The molecule has 2 N–H and O–H groups in total. The van der Waals surface area contributed by atoms with Crippen LogP contribution in [-0.2, 0) is 4.79 Å². The Hall–Kier alpha value is -0.850. The number of carbonyl (C=O) groups excluding carboxylic acids is 1. The average Bonchev–Trinajstić information content (AvgIpc) is 2.48. The molecule has 2 saturated carbocycles. The van der Waals surface area contributed by atoms with E-state index in [1.165, 1.54) is 0 Å². The molecule has 0 radical (unpaired) electrons. The largest absolute Gasteiger partial charge is 0.392 e. The lowest BCUT2D eigenvalue weighted by Gasteiger charge is -2.30. The normalized spacial score (nSPS) is 40.1. The molecule has 5 unspecified atom stereocenters. The summed E-state index contributed by atoms with van der Waals surface area (Å²) in [5.41, 5.74) is 0. The fourth-order valence-corrected chi connectivity index (χ4v) is 2.48. The van der Waals surface area contributed by atoms with E-state index in [4.69, 9.17) is 0 Å². The molecule has 2 aliphatic rings. The zero-order chi connectivity index (χ0) is 11.0. The summed E-state index contributed by atoms with van der Waals surface area (Å²) in [5, 5.41) is 19.0. The number of rotatable bonds is 1. The first kappa shape index (κ1) is 10.7. The van der Waals surface area contributed by atoms with Crippen LogP contribution < -0.4 is 0 Å². The van der Waals surface area contributed by atoms with E-state index in [2.05, 4.69) is 11.8 Å². The Kier molecular flexibility index (Phi) is 2.81. The molecule has 3 nitrogen and oxygen atoms in total. The number of aliphatic hydroxyl groups excluding tert-OH is 2. The van der Waals surface area contributed by atoms with Gasteiger partial charge in [0.1, 0.15) is 11.9 Å². The molecule has 82 valence electrons. The van der Waals surface area contributed by atoms with Crippen LogP contribution in [0.15, 0.2) is 0 Å². The summed E-state index contributed by atoms with van der Waals surface area (Å²) < 4.78 is 0. The van der Waals surface area contributed by atoms with Crippen LogP contribution >= 0.6 is 0 Å². The van der Waals surface area contributed by atoms with E-state index in [1.54, 1.807) is 0 Å². The third-order valence-electron chi connectivity index (χ3n) is 3.54. The van der Waals surface area contributed by atoms with Crippen LogP contribution in [-0.4, -0.2) is 28.2 Å². The van der Waals surface area contributed by atoms with Crippen LogP contribution in [0.5, 0.6) is 0 Å². The van der Waals surface area contributed by atoms with Gasteiger partial charge in [0.2, 0.25) is 0 Å². The van der Waals surface area contributed by atoms with Crippen LogP contribution in [0.1, 0.15) is 26.2 Å². The van der Waals surface area contributed by atoms with E-state index in [0.717, 1.165) is 0 Å². The second kappa shape index (κ2) is 3.96. The van der Waals surface area contributed by atoms with Crippen molar-refractivity contribution in [1.29, 1.82) is 0 Å². The average molecular weight is 208 g/mol. The number of Topliss-reactive ketones (excluding diaryl/α,β-unsaturated/α-hetero) is 1. The molecular formula is C12H16O3. The molecule has 0 amide bonds. The molecule has 2 aliphatic carbocycles. The van der Waals surface area contributed by atoms with Crippen molar-refractivity contribution < 1.29 is 15.0 Å². The molecule has 0 aliphatic heterocycles. The topological polar surface area (TPSA) is 57.5 Å². The minimum Gasteiger partial charge on any atom is -0.392 e. The monoisotopic (exact) mass is 208 g/mol.